The number of hydrogen-bond donors (Lipinski definition) is 1. The van der Waals surface area contributed by atoms with Crippen molar-refractivity contribution in [3.63, 3.8) is 0 Å². The van der Waals surface area contributed by atoms with Crippen molar-refractivity contribution in [2.45, 2.75) is 37.1 Å². The van der Waals surface area contributed by atoms with Crippen LogP contribution in [0.5, 0.6) is 5.75 Å². The van der Waals surface area contributed by atoms with Gasteiger partial charge < -0.3 is 4.74 Å². The number of nitrogens with one attached hydrogen (secondary N) is 1. The van der Waals surface area contributed by atoms with Gasteiger partial charge in [0.15, 0.2) is 6.10 Å². The molecule has 0 saturated carbocycles. The van der Waals surface area contributed by atoms with E-state index in [0.717, 1.165) is 17.8 Å². The molecule has 2 aromatic rings. The second-order valence-electron chi connectivity index (χ2n) is 5.25. The highest BCUT2D eigenvalue weighted by molar-refractivity contribution is 7.93. The van der Waals surface area contributed by atoms with Crippen LogP contribution in [0.4, 0.5) is 9.52 Å². The normalized spacial score (nSPS) is 12.6. The maximum Gasteiger partial charge on any atom is 0.266 e. The Morgan fingerprint density at radius 1 is 1.32 bits per heavy atom. The van der Waals surface area contributed by atoms with Crippen LogP contribution in [0.1, 0.15) is 26.7 Å². The number of amides is 1. The second-order valence-corrected chi connectivity index (χ2v) is 8.51. The number of hydrogen-bond acceptors (Lipinski definition) is 7. The average Bonchev–Trinajstić information content (AvgIpc) is 3.04. The largest absolute Gasteiger partial charge is 0.481 e. The molecule has 0 spiro atoms. The molecule has 0 bridgehead atoms. The van der Waals surface area contributed by atoms with Crippen LogP contribution in [0, 0.1) is 5.82 Å². The van der Waals surface area contributed by atoms with E-state index in [2.05, 4.69) is 15.5 Å². The third kappa shape index (κ3) is 5.46. The van der Waals surface area contributed by atoms with Crippen molar-refractivity contribution in [1.29, 1.82) is 0 Å². The fraction of sp³-hybridized carbons (Fsp3) is 0.400. The molecule has 0 aliphatic rings. The molecule has 0 fully saturated rings. The minimum Gasteiger partial charge on any atom is -0.481 e. The summed E-state index contributed by atoms with van der Waals surface area (Å²) in [7, 11) is -3.48. The number of halogens is 1. The molecule has 1 aromatic carbocycles. The van der Waals surface area contributed by atoms with Crippen LogP contribution < -0.4 is 10.1 Å². The van der Waals surface area contributed by atoms with Crippen molar-refractivity contribution >= 4 is 32.2 Å². The number of aromatic nitrogens is 2. The number of carbonyl (C=O) groups is 1. The predicted molar refractivity (Wildman–Crippen MR) is 92.0 cm³/mol. The van der Waals surface area contributed by atoms with Crippen LogP contribution in [0.25, 0.3) is 0 Å². The van der Waals surface area contributed by atoms with Crippen LogP contribution in [0.2, 0.25) is 0 Å². The van der Waals surface area contributed by atoms with Gasteiger partial charge in [0.05, 0.1) is 5.75 Å². The van der Waals surface area contributed by atoms with Crippen LogP contribution in [-0.2, 0) is 14.6 Å². The van der Waals surface area contributed by atoms with Gasteiger partial charge in [0.1, 0.15) is 11.6 Å². The maximum absolute atomic E-state index is 12.8. The number of carbonyl (C=O) groups excluding carboxylic acids is 1. The maximum atomic E-state index is 12.8. The summed E-state index contributed by atoms with van der Waals surface area (Å²) in [5.74, 6) is -0.590. The summed E-state index contributed by atoms with van der Waals surface area (Å²) in [4.78, 5) is 12.1. The van der Waals surface area contributed by atoms with Gasteiger partial charge in [0.25, 0.3) is 5.91 Å². The fourth-order valence-corrected chi connectivity index (χ4v) is 4.27. The molecule has 0 unspecified atom stereocenters. The van der Waals surface area contributed by atoms with Crippen molar-refractivity contribution in [2.75, 3.05) is 11.1 Å². The number of ether oxygens (including phenoxy) is 1. The Balaban J connectivity index is 1.97. The zero-order valence-electron chi connectivity index (χ0n) is 13.7. The van der Waals surface area contributed by atoms with Crippen molar-refractivity contribution < 1.29 is 22.3 Å². The van der Waals surface area contributed by atoms with E-state index < -0.39 is 27.7 Å². The number of rotatable bonds is 8. The molecule has 0 radical (unpaired) electrons. The molecule has 0 aliphatic heterocycles. The van der Waals surface area contributed by atoms with E-state index in [-0.39, 0.29) is 15.2 Å². The summed E-state index contributed by atoms with van der Waals surface area (Å²) in [5, 5.41) is 9.86. The Hall–Kier alpha value is -2.07. The van der Waals surface area contributed by atoms with E-state index in [1.165, 1.54) is 31.2 Å². The highest BCUT2D eigenvalue weighted by atomic mass is 32.2. The number of anilines is 1. The van der Waals surface area contributed by atoms with E-state index in [1.807, 2.05) is 6.92 Å². The highest BCUT2D eigenvalue weighted by Gasteiger charge is 2.22. The van der Waals surface area contributed by atoms with E-state index in [9.17, 15) is 17.6 Å². The van der Waals surface area contributed by atoms with Crippen LogP contribution in [0.3, 0.4) is 0 Å². The van der Waals surface area contributed by atoms with Crippen molar-refractivity contribution in [1.82, 2.24) is 10.2 Å². The van der Waals surface area contributed by atoms with Gasteiger partial charge in [0.2, 0.25) is 19.3 Å². The molecule has 1 amide bonds. The number of unbranched alkanes of at least 4 members (excludes halogenated alkanes) is 1. The first-order valence-electron chi connectivity index (χ1n) is 7.61. The van der Waals surface area contributed by atoms with Gasteiger partial charge in [-0.15, -0.1) is 10.2 Å². The first kappa shape index (κ1) is 19.3. The van der Waals surface area contributed by atoms with Gasteiger partial charge in [-0.25, -0.2) is 12.8 Å². The minimum absolute atomic E-state index is 0.00381. The zero-order chi connectivity index (χ0) is 18.4. The molecule has 1 heterocycles. The fourth-order valence-electron chi connectivity index (χ4n) is 1.79. The topological polar surface area (TPSA) is 98.3 Å². The number of sulfone groups is 1. The molecule has 136 valence electrons. The Morgan fingerprint density at radius 2 is 2.00 bits per heavy atom. The molecule has 0 saturated heterocycles. The van der Waals surface area contributed by atoms with Crippen molar-refractivity contribution in [3.05, 3.63) is 30.1 Å². The average molecular weight is 387 g/mol. The van der Waals surface area contributed by atoms with E-state index in [1.54, 1.807) is 0 Å². The van der Waals surface area contributed by atoms with E-state index in [4.69, 9.17) is 4.74 Å². The Morgan fingerprint density at radius 3 is 2.64 bits per heavy atom. The molecule has 1 atom stereocenters. The predicted octanol–water partition coefficient (Wildman–Crippen LogP) is 2.66. The summed E-state index contributed by atoms with van der Waals surface area (Å²) >= 11 is 0.797. The first-order valence-corrected chi connectivity index (χ1v) is 10.1. The standard InChI is InChI=1S/C15H18FN3O4S2/c1-3-4-9-25(21,22)15-19-18-14(24-15)17-13(20)10(2)23-12-7-5-11(16)6-8-12/h5-8,10H,3-4,9H2,1-2H3,(H,17,18,20)/t10-/m0/s1. The zero-order valence-corrected chi connectivity index (χ0v) is 15.4. The SMILES string of the molecule is CCCCS(=O)(=O)c1nnc(NC(=O)[C@H](C)Oc2ccc(F)cc2)s1. The van der Waals surface area contributed by atoms with Gasteiger partial charge in [-0.3, -0.25) is 10.1 Å². The third-order valence-electron chi connectivity index (χ3n) is 3.16. The molecule has 2 rings (SSSR count). The van der Waals surface area contributed by atoms with Crippen LogP contribution >= 0.6 is 11.3 Å². The summed E-state index contributed by atoms with van der Waals surface area (Å²) in [6, 6.07) is 5.25. The number of benzene rings is 1. The lowest BCUT2D eigenvalue weighted by molar-refractivity contribution is -0.122. The van der Waals surface area contributed by atoms with E-state index in [0.29, 0.717) is 12.2 Å². The number of nitrogens with zero attached hydrogens (tertiary/aromatic N) is 2. The Labute approximate surface area is 149 Å². The van der Waals surface area contributed by atoms with Gasteiger partial charge in [-0.2, -0.15) is 0 Å². The quantitative estimate of drug-likeness (QED) is 0.699. The molecular weight excluding hydrogens is 369 g/mol. The Bertz CT molecular complexity index is 822. The molecule has 10 heteroatoms. The minimum atomic E-state index is -3.48. The molecule has 25 heavy (non-hydrogen) atoms. The molecule has 0 aliphatic carbocycles. The van der Waals surface area contributed by atoms with Crippen LogP contribution in [-0.4, -0.2) is 36.4 Å². The lowest BCUT2D eigenvalue weighted by Gasteiger charge is -2.13. The third-order valence-corrected chi connectivity index (χ3v) is 6.25. The smallest absolute Gasteiger partial charge is 0.266 e. The lowest BCUT2D eigenvalue weighted by Crippen LogP contribution is -2.30. The van der Waals surface area contributed by atoms with Crippen LogP contribution in [0.15, 0.2) is 28.6 Å². The molecule has 1 aromatic heterocycles. The van der Waals surface area contributed by atoms with Crippen molar-refractivity contribution in [2.24, 2.45) is 0 Å². The first-order chi connectivity index (χ1) is 11.8. The van der Waals surface area contributed by atoms with Crippen molar-refractivity contribution in [3.8, 4) is 5.75 Å². The summed E-state index contributed by atoms with van der Waals surface area (Å²) in [6.07, 6.45) is 0.404. The lowest BCUT2D eigenvalue weighted by atomic mass is 10.3. The molecule has 7 nitrogen and oxygen atoms in total. The van der Waals surface area contributed by atoms with Gasteiger partial charge in [-0.05, 0) is 37.6 Å². The molecular formula is C15H18FN3O4S2. The van der Waals surface area contributed by atoms with Gasteiger partial charge >= 0.3 is 0 Å². The second kappa shape index (κ2) is 8.34. The molecule has 1 N–H and O–H groups in total. The monoisotopic (exact) mass is 387 g/mol. The summed E-state index contributed by atoms with van der Waals surface area (Å²) < 4.78 is 42.2. The summed E-state index contributed by atoms with van der Waals surface area (Å²) in [5.41, 5.74) is 0. The van der Waals surface area contributed by atoms with Gasteiger partial charge in [0, 0.05) is 0 Å². The summed E-state index contributed by atoms with van der Waals surface area (Å²) in [6.45, 7) is 3.41. The Kier molecular flexibility index (Phi) is 6.43. The van der Waals surface area contributed by atoms with E-state index >= 15 is 0 Å². The highest BCUT2D eigenvalue weighted by Crippen LogP contribution is 2.22. The van der Waals surface area contributed by atoms with Gasteiger partial charge in [-0.1, -0.05) is 24.7 Å².